The Balaban J connectivity index is -0.0000000950. The van der Waals surface area contributed by atoms with Crippen molar-refractivity contribution in [3.05, 3.63) is 0 Å². The number of rotatable bonds is 60. The molecule has 31 N–H and O–H groups in total. The van der Waals surface area contributed by atoms with Crippen LogP contribution >= 0.6 is 22.8 Å². The van der Waals surface area contributed by atoms with E-state index in [-0.39, 0.29) is 242 Å². The largest absolute Gasteiger partial charge is 1.00 e. The molecule has 0 saturated heterocycles. The van der Waals surface area contributed by atoms with Crippen molar-refractivity contribution < 1.29 is 240 Å². The number of hydrogen-bond donors (Lipinski definition) is 31. The van der Waals surface area contributed by atoms with E-state index in [4.69, 9.17) is 157 Å². The Kier molecular flexibility index (Phi) is 138. The smallest absolute Gasteiger partial charge is 0.810 e. The molecule has 46 nitrogen and oxygen atoms in total. The normalized spacial score (nSPS) is 11.1. The zero-order valence-electron chi connectivity index (χ0n) is 64.0. The van der Waals surface area contributed by atoms with E-state index in [2.05, 4.69) is 0 Å². The van der Waals surface area contributed by atoms with Crippen molar-refractivity contribution in [1.29, 1.82) is 0 Å². The van der Waals surface area contributed by atoms with Gasteiger partial charge < -0.3 is 172 Å². The van der Waals surface area contributed by atoms with Gasteiger partial charge in [0.2, 0.25) is 0 Å². The maximum atomic E-state index is 10.5. The molecule has 51 heteroatoms. The third-order valence-corrected chi connectivity index (χ3v) is 14.7. The summed E-state index contributed by atoms with van der Waals surface area (Å²) in [4.78, 5) is 71.0. The standard InChI is InChI=1S/9C6H15NO3.C3H12NO9P3.2Na/c9*8-4-1-7(2-5-9)3-6-10;5-14(6,7)1-4(2-15(8,9)10)3-16(11,12)13;;/h9*8-10H,1-6H2;1-3H2,(H2,5,6,7)(H2,8,9,10)(H2,11,12,13);;/q;;;;;;;;;;2*+1/p-2. The van der Waals surface area contributed by atoms with Gasteiger partial charge in [-0.2, -0.15) is 0 Å². The SMILES string of the molecule is O=P([O-])([O-])CN(CP(=O)(O)O)CP(=O)(O)O.OCCN(CCO)CCO.OCCN(CCO)CCO.OCCN(CCO)CCO.OCCN(CCO)CCO.OCCN(CCO)CCO.OCCN(CCO)CCO.OCCN(CCO)CCO.OCCN(CCO)CCO.OCCN(CCO)CCO.[Na+].[Na+]. The molecular formula is C57H145N10Na2O36P3. The summed E-state index contributed by atoms with van der Waals surface area (Å²) < 4.78 is 31.4. The monoisotopic (exact) mass is 1680 g/mol. The van der Waals surface area contributed by atoms with Crippen LogP contribution in [0.25, 0.3) is 0 Å². The maximum absolute atomic E-state index is 10.5. The molecule has 0 aliphatic rings. The van der Waals surface area contributed by atoms with Gasteiger partial charge in [0, 0.05) is 183 Å². The predicted octanol–water partition coefficient (Wildman–Crippen LogP) is -24.2. The molecule has 0 aromatic rings. The first kappa shape index (κ1) is 135. The molecule has 0 saturated carbocycles. The van der Waals surface area contributed by atoms with Crippen LogP contribution in [0.1, 0.15) is 0 Å². The van der Waals surface area contributed by atoms with Crippen LogP contribution in [-0.4, -0.2) is 580 Å². The van der Waals surface area contributed by atoms with Crippen LogP contribution in [0.2, 0.25) is 0 Å². The predicted molar refractivity (Wildman–Crippen MR) is 387 cm³/mol. The van der Waals surface area contributed by atoms with E-state index >= 15 is 0 Å². The van der Waals surface area contributed by atoms with Crippen molar-refractivity contribution >= 4 is 22.8 Å². The molecule has 656 valence electrons. The fourth-order valence-corrected chi connectivity index (χ4v) is 10.3. The molecule has 0 unspecified atom stereocenters. The van der Waals surface area contributed by atoms with Crippen molar-refractivity contribution in [2.75, 3.05) is 374 Å². The average Bonchev–Trinajstić information content (AvgIpc) is 0.873. The molecule has 0 aliphatic heterocycles. The van der Waals surface area contributed by atoms with Crippen molar-refractivity contribution in [3.63, 3.8) is 0 Å². The van der Waals surface area contributed by atoms with Gasteiger partial charge in [-0.15, -0.1) is 0 Å². The zero-order chi connectivity index (χ0) is 83.6. The minimum absolute atomic E-state index is 0. The third kappa shape index (κ3) is 128. The number of aliphatic hydroxyl groups excluding tert-OH is 27. The van der Waals surface area contributed by atoms with Crippen LogP contribution in [0.3, 0.4) is 0 Å². The fourth-order valence-electron chi connectivity index (χ4n) is 7.74. The molecule has 0 heterocycles. The molecule has 108 heavy (non-hydrogen) atoms. The summed E-state index contributed by atoms with van der Waals surface area (Å²) in [6.07, 6.45) is -3.79. The minimum Gasteiger partial charge on any atom is -0.810 e. The Morgan fingerprint density at radius 3 is 0.278 bits per heavy atom. The summed E-state index contributed by atoms with van der Waals surface area (Å²) in [5.41, 5.74) is 0. The molecule has 0 spiro atoms. The first-order valence-corrected chi connectivity index (χ1v) is 39.5. The van der Waals surface area contributed by atoms with Gasteiger partial charge in [-0.3, -0.25) is 58.1 Å². The van der Waals surface area contributed by atoms with Gasteiger partial charge in [0.15, 0.2) is 0 Å². The Bertz CT molecular complexity index is 1300. The van der Waals surface area contributed by atoms with Gasteiger partial charge in [-0.05, 0) is 0 Å². The van der Waals surface area contributed by atoms with Gasteiger partial charge in [0.05, 0.1) is 178 Å². The number of aliphatic hydroxyl groups is 27. The molecule has 0 aliphatic carbocycles. The Morgan fingerprint density at radius 2 is 0.231 bits per heavy atom. The van der Waals surface area contributed by atoms with Gasteiger partial charge in [0.25, 0.3) is 0 Å². The van der Waals surface area contributed by atoms with E-state index in [1.807, 2.05) is 0 Å². The topological polar surface area (TPSA) is 757 Å². The molecule has 0 aromatic heterocycles. The van der Waals surface area contributed by atoms with Crippen molar-refractivity contribution in [2.24, 2.45) is 0 Å². The maximum Gasteiger partial charge on any atom is 1.00 e. The summed E-state index contributed by atoms with van der Waals surface area (Å²) in [7, 11) is -14.6. The molecule has 0 rings (SSSR count). The summed E-state index contributed by atoms with van der Waals surface area (Å²) in [6, 6.07) is 0. The summed E-state index contributed by atoms with van der Waals surface area (Å²) in [6.45, 7) is 15.8. The second-order valence-corrected chi connectivity index (χ2v) is 25.9. The molecule has 0 amide bonds. The van der Waals surface area contributed by atoms with Gasteiger partial charge in [-0.1, -0.05) is 7.60 Å². The molecular weight excluding hydrogens is 1540 g/mol. The van der Waals surface area contributed by atoms with Gasteiger partial charge in [0.1, 0.15) is 12.6 Å². The zero-order valence-corrected chi connectivity index (χ0v) is 70.7. The first-order valence-electron chi connectivity index (χ1n) is 34.2. The van der Waals surface area contributed by atoms with Crippen LogP contribution < -0.4 is 68.9 Å². The summed E-state index contributed by atoms with van der Waals surface area (Å²) in [5.74, 6) is 0. The molecule has 0 fully saturated rings. The quantitative estimate of drug-likeness (QED) is 0.0199. The van der Waals surface area contributed by atoms with Crippen molar-refractivity contribution in [1.82, 2.24) is 49.0 Å². The number of nitrogens with zero attached hydrogens (tertiary/aromatic N) is 10. The fraction of sp³-hybridized carbons (Fsp3) is 1.00. The van der Waals surface area contributed by atoms with Gasteiger partial charge in [-0.25, -0.2) is 0 Å². The van der Waals surface area contributed by atoms with Crippen LogP contribution in [0.15, 0.2) is 0 Å². The summed E-state index contributed by atoms with van der Waals surface area (Å²) in [5, 5.41) is 229. The van der Waals surface area contributed by atoms with Crippen LogP contribution in [0, 0.1) is 0 Å². The second-order valence-electron chi connectivity index (χ2n) is 21.1. The van der Waals surface area contributed by atoms with Crippen LogP contribution in [-0.2, 0) is 13.7 Å². The molecule has 0 aromatic carbocycles. The van der Waals surface area contributed by atoms with E-state index < -0.39 is 41.6 Å². The second kappa shape index (κ2) is 110. The van der Waals surface area contributed by atoms with Gasteiger partial charge >= 0.3 is 74.3 Å². The van der Waals surface area contributed by atoms with Crippen LogP contribution in [0.4, 0.5) is 0 Å². The van der Waals surface area contributed by atoms with Crippen molar-refractivity contribution in [2.45, 2.75) is 0 Å². The third-order valence-electron chi connectivity index (χ3n) is 12.4. The molecule has 0 radical (unpaired) electrons. The van der Waals surface area contributed by atoms with Crippen LogP contribution in [0.5, 0.6) is 0 Å². The Hall–Kier alpha value is 0.970. The Morgan fingerprint density at radius 1 is 0.157 bits per heavy atom. The summed E-state index contributed by atoms with van der Waals surface area (Å²) >= 11 is 0. The molecule has 0 bridgehead atoms. The van der Waals surface area contributed by atoms with E-state index in [0.29, 0.717) is 177 Å². The first-order chi connectivity index (χ1) is 50.4. The van der Waals surface area contributed by atoms with E-state index in [0.717, 1.165) is 0 Å². The minimum atomic E-state index is -5.15. The number of hydrogen-bond acceptors (Lipinski definition) is 42. The van der Waals surface area contributed by atoms with E-state index in [9.17, 15) is 23.5 Å². The van der Waals surface area contributed by atoms with E-state index in [1.165, 1.54) is 0 Å². The molecule has 0 atom stereocenters. The van der Waals surface area contributed by atoms with Crippen molar-refractivity contribution in [3.8, 4) is 0 Å². The average molecular weight is 1690 g/mol. The Labute approximate surface area is 681 Å². The van der Waals surface area contributed by atoms with E-state index in [1.54, 1.807) is 44.1 Å².